The lowest BCUT2D eigenvalue weighted by Gasteiger charge is -2.23. The summed E-state index contributed by atoms with van der Waals surface area (Å²) in [5, 5.41) is 19.1. The van der Waals surface area contributed by atoms with Gasteiger partial charge in [-0.25, -0.2) is 4.79 Å². The average molecular weight is 220 g/mol. The normalized spacial score (nSPS) is 36.8. The third-order valence-electron chi connectivity index (χ3n) is 2.00. The van der Waals surface area contributed by atoms with Gasteiger partial charge >= 0.3 is 5.97 Å². The molecule has 14 heavy (non-hydrogen) atoms. The molecule has 2 N–H and O–H groups in total. The van der Waals surface area contributed by atoms with Gasteiger partial charge in [0, 0.05) is 13.3 Å². The summed E-state index contributed by atoms with van der Waals surface area (Å²) >= 11 is 4.38. The fraction of sp³-hybridized carbons (Fsp3) is 0.750. The first-order chi connectivity index (χ1) is 6.50. The number of carbonyl (C=O) groups excluding carboxylic acids is 1. The number of hydrogen-bond acceptors (Lipinski definition) is 6. The van der Waals surface area contributed by atoms with Crippen LogP contribution in [0.15, 0.2) is 0 Å². The van der Waals surface area contributed by atoms with E-state index in [0.29, 0.717) is 0 Å². The molecule has 0 saturated carbocycles. The van der Waals surface area contributed by atoms with Crippen LogP contribution in [0.2, 0.25) is 0 Å². The molecule has 0 amide bonds. The molecule has 0 radical (unpaired) electrons. The van der Waals surface area contributed by atoms with Crippen LogP contribution in [-0.4, -0.2) is 46.2 Å². The van der Waals surface area contributed by atoms with Gasteiger partial charge < -0.3 is 19.7 Å². The van der Waals surface area contributed by atoms with Crippen LogP contribution >= 0.6 is 12.2 Å². The van der Waals surface area contributed by atoms with Crippen molar-refractivity contribution in [2.45, 2.75) is 31.3 Å². The van der Waals surface area contributed by atoms with Gasteiger partial charge in [-0.3, -0.25) is 0 Å². The van der Waals surface area contributed by atoms with Crippen LogP contribution in [0.1, 0.15) is 13.3 Å². The molecule has 80 valence electrons. The summed E-state index contributed by atoms with van der Waals surface area (Å²) in [7, 11) is 0. The third-order valence-corrected chi connectivity index (χ3v) is 2.19. The van der Waals surface area contributed by atoms with E-state index >= 15 is 0 Å². The zero-order valence-corrected chi connectivity index (χ0v) is 8.49. The molecule has 0 aromatic heterocycles. The number of esters is 1. The minimum atomic E-state index is -1.20. The number of hydrogen-bond donors (Lipinski definition) is 2. The van der Waals surface area contributed by atoms with Crippen LogP contribution in [-0.2, 0) is 14.3 Å². The maximum absolute atomic E-state index is 10.9. The van der Waals surface area contributed by atoms with E-state index in [1.54, 1.807) is 0 Å². The van der Waals surface area contributed by atoms with Gasteiger partial charge in [-0.05, 0) is 0 Å². The predicted molar refractivity (Wildman–Crippen MR) is 50.7 cm³/mol. The summed E-state index contributed by atoms with van der Waals surface area (Å²) in [5.74, 6) is -1.88. The van der Waals surface area contributed by atoms with Crippen molar-refractivity contribution in [3.8, 4) is 0 Å². The average Bonchev–Trinajstić information content (AvgIpc) is 2.40. The Morgan fingerprint density at radius 1 is 1.86 bits per heavy atom. The largest absolute Gasteiger partial charge is 0.429 e. The smallest absolute Gasteiger partial charge is 0.344 e. The molecule has 1 heterocycles. The van der Waals surface area contributed by atoms with Gasteiger partial charge in [-0.1, -0.05) is 12.2 Å². The molecule has 5 nitrogen and oxygen atoms in total. The van der Waals surface area contributed by atoms with Crippen molar-refractivity contribution in [1.29, 1.82) is 0 Å². The van der Waals surface area contributed by atoms with Crippen LogP contribution < -0.4 is 0 Å². The number of aliphatic hydroxyl groups excluding tert-OH is 2. The van der Waals surface area contributed by atoms with E-state index in [1.165, 1.54) is 6.92 Å². The Morgan fingerprint density at radius 2 is 2.50 bits per heavy atom. The summed E-state index contributed by atoms with van der Waals surface area (Å²) in [6, 6.07) is 0. The Labute approximate surface area is 86.6 Å². The van der Waals surface area contributed by atoms with E-state index in [4.69, 9.17) is 14.6 Å². The molecule has 1 aliphatic rings. The van der Waals surface area contributed by atoms with Gasteiger partial charge in [0.05, 0.1) is 18.1 Å². The molecule has 3 atom stereocenters. The maximum atomic E-state index is 10.9. The minimum absolute atomic E-state index is 0.132. The van der Waals surface area contributed by atoms with Gasteiger partial charge in [0.1, 0.15) is 6.10 Å². The second-order valence-corrected chi connectivity index (χ2v) is 3.52. The third kappa shape index (κ3) is 2.48. The van der Waals surface area contributed by atoms with Crippen molar-refractivity contribution >= 4 is 23.6 Å². The fourth-order valence-electron chi connectivity index (χ4n) is 1.42. The molecule has 0 aliphatic carbocycles. The lowest BCUT2D eigenvalue weighted by atomic mass is 10.1. The zero-order valence-electron chi connectivity index (χ0n) is 7.67. The number of thiocarbonyl (C=S) groups is 1. The quantitative estimate of drug-likeness (QED) is 0.488. The van der Waals surface area contributed by atoms with Gasteiger partial charge in [-0.15, -0.1) is 0 Å². The van der Waals surface area contributed by atoms with Crippen LogP contribution in [0.3, 0.4) is 0 Å². The number of aliphatic hydroxyl groups is 2. The van der Waals surface area contributed by atoms with E-state index in [0.717, 1.165) is 5.37 Å². The molecule has 1 saturated heterocycles. The predicted octanol–water partition coefficient (Wildman–Crippen LogP) is -0.612. The standard InChI is InChI=1S/C8H12O5S/c1-8(13-7(11)4-14)2-5(10)6(3-9)12-8/h4-6,9-10H,2-3H2,1H3/t5-,6+,8?/m1/s1. The Hall–Kier alpha value is -0.560. The molecular weight excluding hydrogens is 208 g/mol. The summed E-state index contributed by atoms with van der Waals surface area (Å²) in [6.45, 7) is 1.20. The fourth-order valence-corrected chi connectivity index (χ4v) is 1.47. The Kier molecular flexibility index (Phi) is 3.54. The van der Waals surface area contributed by atoms with Crippen LogP contribution in [0.4, 0.5) is 0 Å². The molecule has 0 spiro atoms. The van der Waals surface area contributed by atoms with Crippen molar-refractivity contribution < 1.29 is 24.5 Å². The molecule has 1 unspecified atom stereocenters. The number of rotatable bonds is 3. The molecule has 6 heteroatoms. The minimum Gasteiger partial charge on any atom is -0.429 e. The SMILES string of the molecule is CC1(OC(=O)C=S)C[C@@H](O)[C@H](CO)O1. The molecule has 0 bridgehead atoms. The maximum Gasteiger partial charge on any atom is 0.344 e. The topological polar surface area (TPSA) is 76.0 Å². The molecule has 0 aromatic carbocycles. The highest BCUT2D eigenvalue weighted by Gasteiger charge is 2.45. The summed E-state index contributed by atoms with van der Waals surface area (Å²) in [5.41, 5.74) is 0. The first-order valence-electron chi connectivity index (χ1n) is 4.15. The number of carbonyl (C=O) groups is 1. The van der Waals surface area contributed by atoms with Gasteiger partial charge in [0.15, 0.2) is 0 Å². The summed E-state index contributed by atoms with van der Waals surface area (Å²) in [4.78, 5) is 10.9. The van der Waals surface area contributed by atoms with E-state index in [-0.39, 0.29) is 13.0 Å². The van der Waals surface area contributed by atoms with E-state index in [2.05, 4.69) is 12.2 Å². The van der Waals surface area contributed by atoms with Crippen molar-refractivity contribution in [3.63, 3.8) is 0 Å². The first-order valence-corrected chi connectivity index (χ1v) is 4.63. The monoisotopic (exact) mass is 220 g/mol. The van der Waals surface area contributed by atoms with Gasteiger partial charge in [-0.2, -0.15) is 0 Å². The van der Waals surface area contributed by atoms with Crippen LogP contribution in [0.5, 0.6) is 0 Å². The van der Waals surface area contributed by atoms with E-state index < -0.39 is 24.0 Å². The molecule has 1 aliphatic heterocycles. The zero-order chi connectivity index (χ0) is 10.8. The van der Waals surface area contributed by atoms with E-state index in [1.807, 2.05) is 0 Å². The Morgan fingerprint density at radius 3 is 2.93 bits per heavy atom. The summed E-state index contributed by atoms with van der Waals surface area (Å²) < 4.78 is 10.0. The van der Waals surface area contributed by atoms with Crippen molar-refractivity contribution in [3.05, 3.63) is 0 Å². The van der Waals surface area contributed by atoms with Gasteiger partial charge in [0.2, 0.25) is 5.79 Å². The van der Waals surface area contributed by atoms with Crippen LogP contribution in [0, 0.1) is 0 Å². The first kappa shape index (κ1) is 11.5. The molecular formula is C8H12O5S. The van der Waals surface area contributed by atoms with Crippen LogP contribution in [0.25, 0.3) is 0 Å². The van der Waals surface area contributed by atoms with Crippen molar-refractivity contribution in [2.24, 2.45) is 0 Å². The highest BCUT2D eigenvalue weighted by molar-refractivity contribution is 7.80. The lowest BCUT2D eigenvalue weighted by molar-refractivity contribution is -0.213. The highest BCUT2D eigenvalue weighted by Crippen LogP contribution is 2.31. The van der Waals surface area contributed by atoms with Crippen molar-refractivity contribution in [2.75, 3.05) is 6.61 Å². The number of ether oxygens (including phenoxy) is 2. The second kappa shape index (κ2) is 4.31. The summed E-state index contributed by atoms with van der Waals surface area (Å²) in [6.07, 6.45) is -1.41. The molecule has 0 aromatic rings. The Balaban J connectivity index is 2.60. The molecule has 1 rings (SSSR count). The van der Waals surface area contributed by atoms with Crippen molar-refractivity contribution in [1.82, 2.24) is 0 Å². The Bertz CT molecular complexity index is 244. The van der Waals surface area contributed by atoms with E-state index in [9.17, 15) is 9.90 Å². The molecule has 1 fully saturated rings. The highest BCUT2D eigenvalue weighted by atomic mass is 32.1. The second-order valence-electron chi connectivity index (χ2n) is 3.28. The lowest BCUT2D eigenvalue weighted by Crippen LogP contribution is -2.32. The van der Waals surface area contributed by atoms with Gasteiger partial charge in [0.25, 0.3) is 0 Å².